The summed E-state index contributed by atoms with van der Waals surface area (Å²) in [4.78, 5) is 12.6. The second-order valence-corrected chi connectivity index (χ2v) is 9.70. The monoisotopic (exact) mass is 407 g/mol. The van der Waals surface area contributed by atoms with Crippen molar-refractivity contribution in [2.75, 3.05) is 7.11 Å². The van der Waals surface area contributed by atoms with Crippen LogP contribution in [-0.4, -0.2) is 19.1 Å². The fraction of sp³-hybridized carbons (Fsp3) is 0.591. The number of nitrogens with one attached hydrogen (secondary N) is 1. The number of carbonyl (C=O) groups excluding carboxylic acids is 1. The molecule has 0 aliphatic heterocycles. The Balaban J connectivity index is 1.45. The number of rotatable bonds is 5. The Bertz CT molecular complexity index is 739. The van der Waals surface area contributed by atoms with Gasteiger partial charge in [-0.2, -0.15) is 0 Å². The zero-order valence-corrected chi connectivity index (χ0v) is 17.4. The molecule has 0 radical (unpaired) electrons. The lowest BCUT2D eigenvalue weighted by Crippen LogP contribution is -2.55. The van der Waals surface area contributed by atoms with Crippen LogP contribution in [0.15, 0.2) is 18.2 Å². The number of hydrogen-bond donors (Lipinski definition) is 1. The average molecular weight is 408 g/mol. The lowest BCUT2D eigenvalue weighted by atomic mass is 9.48. The van der Waals surface area contributed by atoms with Crippen molar-refractivity contribution >= 4 is 35.2 Å². The number of halogens is 2. The Morgan fingerprint density at radius 1 is 1.19 bits per heavy atom. The summed E-state index contributed by atoms with van der Waals surface area (Å²) in [5.74, 6) is 3.09. The van der Waals surface area contributed by atoms with E-state index in [4.69, 9.17) is 27.9 Å². The molecule has 4 saturated carbocycles. The first-order valence-electron chi connectivity index (χ1n) is 9.90. The molecule has 5 rings (SSSR count). The molecule has 5 heteroatoms. The number of methoxy groups -OCH3 is 1. The maximum atomic E-state index is 12.6. The molecule has 0 heterocycles. The van der Waals surface area contributed by atoms with Crippen molar-refractivity contribution in [2.24, 2.45) is 23.2 Å². The molecule has 1 aromatic rings. The zero-order valence-electron chi connectivity index (χ0n) is 15.9. The highest BCUT2D eigenvalue weighted by Crippen LogP contribution is 2.61. The van der Waals surface area contributed by atoms with Gasteiger partial charge >= 0.3 is 0 Å². The van der Waals surface area contributed by atoms with Crippen molar-refractivity contribution < 1.29 is 9.53 Å². The quantitative estimate of drug-likeness (QED) is 0.632. The van der Waals surface area contributed by atoms with E-state index in [1.54, 1.807) is 31.4 Å². The van der Waals surface area contributed by atoms with Gasteiger partial charge in [0, 0.05) is 22.7 Å². The van der Waals surface area contributed by atoms with Crippen LogP contribution < -0.4 is 10.1 Å². The van der Waals surface area contributed by atoms with Crippen LogP contribution in [0, 0.1) is 23.2 Å². The van der Waals surface area contributed by atoms with Gasteiger partial charge in [-0.15, -0.1) is 0 Å². The predicted molar refractivity (Wildman–Crippen MR) is 110 cm³/mol. The molecule has 27 heavy (non-hydrogen) atoms. The third-order valence-corrected chi connectivity index (χ3v) is 7.52. The Hall–Kier alpha value is -1.19. The van der Waals surface area contributed by atoms with E-state index in [0.717, 1.165) is 17.8 Å². The number of benzene rings is 1. The molecule has 1 amide bonds. The van der Waals surface area contributed by atoms with Gasteiger partial charge in [0.05, 0.1) is 12.1 Å². The van der Waals surface area contributed by atoms with Gasteiger partial charge in [-0.3, -0.25) is 4.79 Å². The zero-order chi connectivity index (χ0) is 19.2. The molecule has 4 fully saturated rings. The predicted octanol–water partition coefficient (Wildman–Crippen LogP) is 5.74. The van der Waals surface area contributed by atoms with E-state index < -0.39 is 0 Å². The van der Waals surface area contributed by atoms with E-state index in [2.05, 4.69) is 12.2 Å². The van der Waals surface area contributed by atoms with Crippen LogP contribution in [-0.2, 0) is 4.79 Å². The summed E-state index contributed by atoms with van der Waals surface area (Å²) in [6, 6.07) is 3.58. The van der Waals surface area contributed by atoms with Gasteiger partial charge in [-0.1, -0.05) is 23.2 Å². The van der Waals surface area contributed by atoms with Crippen molar-refractivity contribution in [2.45, 2.75) is 51.5 Å². The molecule has 0 saturated heterocycles. The second kappa shape index (κ2) is 7.33. The van der Waals surface area contributed by atoms with E-state index in [-0.39, 0.29) is 11.9 Å². The highest BCUT2D eigenvalue weighted by Gasteiger charge is 2.53. The minimum absolute atomic E-state index is 0.0728. The standard InChI is InChI=1S/C22H27Cl2NO2/c1-13(22-10-14-5-15(11-22)7-16(6-14)12-22)25-20(26)4-3-17-8-18(23)9-19(24)21(17)27-2/h3-4,8-9,13-16H,5-7,10-12H2,1-2H3,(H,25,26)/b4-3+/t13-,14?,15?,16?,22?/m0/s1. The Morgan fingerprint density at radius 3 is 2.33 bits per heavy atom. The normalized spacial score (nSPS) is 32.7. The van der Waals surface area contributed by atoms with Crippen LogP contribution in [0.5, 0.6) is 5.75 Å². The fourth-order valence-corrected chi connectivity index (χ4v) is 6.79. The molecule has 4 aliphatic carbocycles. The smallest absolute Gasteiger partial charge is 0.244 e. The molecule has 4 aliphatic rings. The van der Waals surface area contributed by atoms with Gasteiger partial charge in [-0.25, -0.2) is 0 Å². The largest absolute Gasteiger partial charge is 0.495 e. The minimum atomic E-state index is -0.0728. The summed E-state index contributed by atoms with van der Waals surface area (Å²) in [6.45, 7) is 2.19. The summed E-state index contributed by atoms with van der Waals surface area (Å²) in [5.41, 5.74) is 1.00. The number of amides is 1. The Morgan fingerprint density at radius 2 is 1.78 bits per heavy atom. The van der Waals surface area contributed by atoms with Gasteiger partial charge in [0.25, 0.3) is 0 Å². The van der Waals surface area contributed by atoms with E-state index in [9.17, 15) is 4.79 Å². The molecule has 4 bridgehead atoms. The van der Waals surface area contributed by atoms with Crippen LogP contribution in [0.25, 0.3) is 6.08 Å². The van der Waals surface area contributed by atoms with Gasteiger partial charge in [-0.05, 0) is 86.8 Å². The molecule has 1 atom stereocenters. The number of carbonyl (C=O) groups is 1. The maximum absolute atomic E-state index is 12.6. The molecular weight excluding hydrogens is 381 g/mol. The summed E-state index contributed by atoms with van der Waals surface area (Å²) < 4.78 is 5.34. The van der Waals surface area contributed by atoms with Gasteiger partial charge in [0.2, 0.25) is 5.91 Å². The molecule has 0 aromatic heterocycles. The van der Waals surface area contributed by atoms with E-state index in [1.165, 1.54) is 38.5 Å². The van der Waals surface area contributed by atoms with Gasteiger partial charge in [0.15, 0.2) is 0 Å². The van der Waals surface area contributed by atoms with Crippen LogP contribution in [0.4, 0.5) is 0 Å². The van der Waals surface area contributed by atoms with Crippen LogP contribution in [0.3, 0.4) is 0 Å². The molecule has 1 aromatic carbocycles. The Kier molecular flexibility index (Phi) is 5.20. The van der Waals surface area contributed by atoms with Crippen molar-refractivity contribution in [3.63, 3.8) is 0 Å². The molecule has 1 N–H and O–H groups in total. The van der Waals surface area contributed by atoms with E-state index in [1.807, 2.05) is 0 Å². The summed E-state index contributed by atoms with van der Waals surface area (Å²) in [6.07, 6.45) is 11.4. The minimum Gasteiger partial charge on any atom is -0.495 e. The Labute approximate surface area is 171 Å². The second-order valence-electron chi connectivity index (χ2n) is 8.85. The van der Waals surface area contributed by atoms with E-state index >= 15 is 0 Å². The molecule has 0 unspecified atom stereocenters. The first-order chi connectivity index (χ1) is 12.9. The van der Waals surface area contributed by atoms with Crippen LogP contribution >= 0.6 is 23.2 Å². The van der Waals surface area contributed by atoms with Gasteiger partial charge < -0.3 is 10.1 Å². The third-order valence-electron chi connectivity index (χ3n) is 7.02. The number of hydrogen-bond acceptors (Lipinski definition) is 2. The van der Waals surface area contributed by atoms with Crippen molar-refractivity contribution in [1.82, 2.24) is 5.32 Å². The van der Waals surface area contributed by atoms with Crippen LogP contribution in [0.2, 0.25) is 10.0 Å². The molecule has 3 nitrogen and oxygen atoms in total. The summed E-state index contributed by atoms with van der Waals surface area (Å²) in [7, 11) is 1.56. The molecule has 0 spiro atoms. The van der Waals surface area contributed by atoms with Crippen molar-refractivity contribution in [3.8, 4) is 5.75 Å². The number of ether oxygens (including phenoxy) is 1. The van der Waals surface area contributed by atoms with Crippen LogP contribution in [0.1, 0.15) is 51.0 Å². The lowest BCUT2D eigenvalue weighted by Gasteiger charge is -2.59. The molecule has 146 valence electrons. The fourth-order valence-electron chi connectivity index (χ4n) is 6.21. The lowest BCUT2D eigenvalue weighted by molar-refractivity contribution is -0.121. The highest BCUT2D eigenvalue weighted by atomic mass is 35.5. The molecular formula is C22H27Cl2NO2. The van der Waals surface area contributed by atoms with E-state index in [0.29, 0.717) is 26.8 Å². The highest BCUT2D eigenvalue weighted by molar-refractivity contribution is 6.36. The first-order valence-corrected chi connectivity index (χ1v) is 10.7. The summed E-state index contributed by atoms with van der Waals surface area (Å²) in [5, 5.41) is 4.19. The van der Waals surface area contributed by atoms with Crippen molar-refractivity contribution in [3.05, 3.63) is 33.8 Å². The maximum Gasteiger partial charge on any atom is 0.244 e. The summed E-state index contributed by atoms with van der Waals surface area (Å²) >= 11 is 12.2. The van der Waals surface area contributed by atoms with Gasteiger partial charge in [0.1, 0.15) is 5.75 Å². The first kappa shape index (κ1) is 19.1. The SMILES string of the molecule is COc1c(Cl)cc(Cl)cc1/C=C/C(=O)N[C@@H](C)C12CC3CC(CC(C3)C1)C2. The average Bonchev–Trinajstić information content (AvgIpc) is 2.58. The third kappa shape index (κ3) is 3.73. The topological polar surface area (TPSA) is 38.3 Å². The van der Waals surface area contributed by atoms with Crippen molar-refractivity contribution in [1.29, 1.82) is 0 Å².